The van der Waals surface area contributed by atoms with Crippen molar-refractivity contribution in [2.24, 2.45) is 0 Å². The minimum Gasteiger partial charge on any atom is -0.350 e. The van der Waals surface area contributed by atoms with Crippen LogP contribution >= 0.6 is 15.9 Å². The second kappa shape index (κ2) is 9.32. The first-order chi connectivity index (χ1) is 13.5. The molecule has 1 aliphatic heterocycles. The Morgan fingerprint density at radius 2 is 1.93 bits per heavy atom. The van der Waals surface area contributed by atoms with E-state index in [1.807, 2.05) is 18.2 Å². The van der Waals surface area contributed by atoms with Gasteiger partial charge in [0, 0.05) is 42.2 Å². The van der Waals surface area contributed by atoms with Crippen molar-refractivity contribution in [3.63, 3.8) is 0 Å². The number of nitrogens with one attached hydrogen (secondary N) is 2. The summed E-state index contributed by atoms with van der Waals surface area (Å²) in [6.45, 7) is 0.951. The number of anilines is 1. The number of hydrogen-bond donors (Lipinski definition) is 2. The molecule has 1 aromatic heterocycles. The van der Waals surface area contributed by atoms with E-state index in [2.05, 4.69) is 31.5 Å². The lowest BCUT2D eigenvalue weighted by Crippen LogP contribution is -2.55. The molecule has 8 nitrogen and oxygen atoms in total. The summed E-state index contributed by atoms with van der Waals surface area (Å²) in [5, 5.41) is 5.53. The van der Waals surface area contributed by atoms with Crippen LogP contribution in [0, 0.1) is 0 Å². The molecule has 2 N–H and O–H groups in total. The van der Waals surface area contributed by atoms with Crippen molar-refractivity contribution in [1.82, 2.24) is 20.1 Å². The van der Waals surface area contributed by atoms with Crippen molar-refractivity contribution < 1.29 is 14.4 Å². The Morgan fingerprint density at radius 1 is 1.14 bits per heavy atom. The molecule has 28 heavy (non-hydrogen) atoms. The summed E-state index contributed by atoms with van der Waals surface area (Å²) in [6, 6.07) is 10.5. The van der Waals surface area contributed by atoms with Gasteiger partial charge in [-0.2, -0.15) is 0 Å². The van der Waals surface area contributed by atoms with Gasteiger partial charge in [0.05, 0.1) is 6.54 Å². The van der Waals surface area contributed by atoms with Crippen LogP contribution in [0.25, 0.3) is 0 Å². The van der Waals surface area contributed by atoms with Gasteiger partial charge in [-0.3, -0.25) is 14.6 Å². The molecule has 0 aliphatic carbocycles. The number of piperazine rings is 1. The zero-order valence-electron chi connectivity index (χ0n) is 15.1. The number of pyridine rings is 1. The van der Waals surface area contributed by atoms with Crippen LogP contribution in [0.1, 0.15) is 5.56 Å². The summed E-state index contributed by atoms with van der Waals surface area (Å²) in [5.74, 6) is -0.501. The van der Waals surface area contributed by atoms with E-state index >= 15 is 0 Å². The molecule has 1 aromatic carbocycles. The molecule has 2 heterocycles. The summed E-state index contributed by atoms with van der Waals surface area (Å²) in [7, 11) is 0. The van der Waals surface area contributed by atoms with Crippen LogP contribution in [0.5, 0.6) is 0 Å². The highest BCUT2D eigenvalue weighted by atomic mass is 79.9. The van der Waals surface area contributed by atoms with Crippen LogP contribution in [-0.4, -0.2) is 58.8 Å². The summed E-state index contributed by atoms with van der Waals surface area (Å²) >= 11 is 3.34. The molecule has 0 bridgehead atoms. The third kappa shape index (κ3) is 5.53. The highest BCUT2D eigenvalue weighted by molar-refractivity contribution is 9.10. The van der Waals surface area contributed by atoms with E-state index in [9.17, 15) is 14.4 Å². The number of rotatable bonds is 5. The maximum absolute atomic E-state index is 12.3. The lowest BCUT2D eigenvalue weighted by atomic mass is 10.2. The van der Waals surface area contributed by atoms with Gasteiger partial charge in [-0.1, -0.05) is 22.0 Å². The largest absolute Gasteiger partial charge is 0.350 e. The van der Waals surface area contributed by atoms with Gasteiger partial charge in [0.2, 0.25) is 11.8 Å². The molecule has 3 rings (SSSR count). The lowest BCUT2D eigenvalue weighted by Gasteiger charge is -2.33. The van der Waals surface area contributed by atoms with Gasteiger partial charge in [-0.25, -0.2) is 4.79 Å². The molecule has 146 valence electrons. The fourth-order valence-corrected chi connectivity index (χ4v) is 2.98. The van der Waals surface area contributed by atoms with E-state index in [4.69, 9.17) is 0 Å². The Morgan fingerprint density at radius 3 is 2.61 bits per heavy atom. The fraction of sp³-hybridized carbons (Fsp3) is 0.263. The second-order valence-corrected chi connectivity index (χ2v) is 7.23. The predicted octanol–water partition coefficient (Wildman–Crippen LogP) is 1.84. The summed E-state index contributed by atoms with van der Waals surface area (Å²) in [5.41, 5.74) is 1.54. The number of halogens is 1. The van der Waals surface area contributed by atoms with E-state index in [-0.39, 0.29) is 30.9 Å². The van der Waals surface area contributed by atoms with Gasteiger partial charge >= 0.3 is 6.03 Å². The van der Waals surface area contributed by atoms with E-state index in [0.29, 0.717) is 25.3 Å². The van der Waals surface area contributed by atoms with Gasteiger partial charge in [-0.05, 0) is 35.9 Å². The quantitative estimate of drug-likeness (QED) is 0.733. The molecule has 0 radical (unpaired) electrons. The van der Waals surface area contributed by atoms with Gasteiger partial charge in [-0.15, -0.1) is 0 Å². The van der Waals surface area contributed by atoms with E-state index < -0.39 is 0 Å². The Bertz CT molecular complexity index is 844. The molecule has 0 saturated carbocycles. The number of nitrogens with zero attached hydrogens (tertiary/aromatic N) is 3. The predicted molar refractivity (Wildman–Crippen MR) is 107 cm³/mol. The first-order valence-corrected chi connectivity index (χ1v) is 9.55. The van der Waals surface area contributed by atoms with E-state index in [1.165, 1.54) is 9.80 Å². The fourth-order valence-electron chi connectivity index (χ4n) is 2.72. The standard InChI is InChI=1S/C19H20BrN5O3/c20-15-3-5-16(6-4-15)23-19(28)25-9-8-24(18(27)13-25)12-17(26)22-11-14-2-1-7-21-10-14/h1-7,10H,8-9,11-13H2,(H,22,26)(H,23,28). The maximum Gasteiger partial charge on any atom is 0.322 e. The minimum absolute atomic E-state index is 0.0265. The molecule has 1 saturated heterocycles. The van der Waals surface area contributed by atoms with Crippen molar-refractivity contribution >= 4 is 39.5 Å². The van der Waals surface area contributed by atoms with Crippen molar-refractivity contribution in [1.29, 1.82) is 0 Å². The molecule has 1 fully saturated rings. The Hall–Kier alpha value is -2.94. The average molecular weight is 446 g/mol. The average Bonchev–Trinajstić information content (AvgIpc) is 2.70. The molecule has 0 spiro atoms. The van der Waals surface area contributed by atoms with Crippen molar-refractivity contribution in [3.05, 3.63) is 58.8 Å². The molecule has 0 unspecified atom stereocenters. The third-order valence-corrected chi connectivity index (χ3v) is 4.78. The molecular weight excluding hydrogens is 426 g/mol. The summed E-state index contributed by atoms with van der Waals surface area (Å²) in [4.78, 5) is 43.6. The van der Waals surface area contributed by atoms with Crippen LogP contribution in [0.3, 0.4) is 0 Å². The SMILES string of the molecule is O=C(CN1CCN(C(=O)Nc2ccc(Br)cc2)CC1=O)NCc1cccnc1. The van der Waals surface area contributed by atoms with Crippen molar-refractivity contribution in [3.8, 4) is 0 Å². The first kappa shape index (κ1) is 19.8. The second-order valence-electron chi connectivity index (χ2n) is 6.31. The molecular formula is C19H20BrN5O3. The summed E-state index contributed by atoms with van der Waals surface area (Å²) < 4.78 is 0.913. The molecule has 2 aromatic rings. The van der Waals surface area contributed by atoms with Crippen LogP contribution in [0.4, 0.5) is 10.5 Å². The monoisotopic (exact) mass is 445 g/mol. The van der Waals surface area contributed by atoms with Crippen LogP contribution < -0.4 is 10.6 Å². The Balaban J connectivity index is 1.45. The number of aromatic nitrogens is 1. The number of benzene rings is 1. The highest BCUT2D eigenvalue weighted by Crippen LogP contribution is 2.15. The van der Waals surface area contributed by atoms with Crippen LogP contribution in [0.15, 0.2) is 53.3 Å². The van der Waals surface area contributed by atoms with E-state index in [0.717, 1.165) is 10.0 Å². The van der Waals surface area contributed by atoms with Crippen LogP contribution in [0.2, 0.25) is 0 Å². The van der Waals surface area contributed by atoms with Crippen molar-refractivity contribution in [2.45, 2.75) is 6.54 Å². The Kier molecular flexibility index (Phi) is 6.59. The van der Waals surface area contributed by atoms with Crippen LogP contribution in [-0.2, 0) is 16.1 Å². The van der Waals surface area contributed by atoms with Crippen molar-refractivity contribution in [2.75, 3.05) is 31.5 Å². The van der Waals surface area contributed by atoms with Gasteiger partial charge in [0.25, 0.3) is 0 Å². The highest BCUT2D eigenvalue weighted by Gasteiger charge is 2.28. The number of amides is 4. The maximum atomic E-state index is 12.3. The van der Waals surface area contributed by atoms with Gasteiger partial charge in [0.15, 0.2) is 0 Å². The third-order valence-electron chi connectivity index (χ3n) is 4.25. The summed E-state index contributed by atoms with van der Waals surface area (Å²) in [6.07, 6.45) is 3.34. The van der Waals surface area contributed by atoms with Gasteiger partial charge in [0.1, 0.15) is 6.54 Å². The van der Waals surface area contributed by atoms with Gasteiger partial charge < -0.3 is 20.4 Å². The number of carbonyl (C=O) groups excluding carboxylic acids is 3. The van der Waals surface area contributed by atoms with E-state index in [1.54, 1.807) is 30.6 Å². The molecule has 4 amide bonds. The lowest BCUT2D eigenvalue weighted by molar-refractivity contribution is -0.139. The first-order valence-electron chi connectivity index (χ1n) is 8.76. The minimum atomic E-state index is -0.337. The smallest absolute Gasteiger partial charge is 0.322 e. The topological polar surface area (TPSA) is 94.6 Å². The number of urea groups is 1. The molecule has 0 atom stereocenters. The zero-order valence-corrected chi connectivity index (χ0v) is 16.7. The number of hydrogen-bond acceptors (Lipinski definition) is 4. The molecule has 9 heteroatoms. The number of carbonyl (C=O) groups is 3. The normalized spacial score (nSPS) is 14.0. The zero-order chi connectivity index (χ0) is 19.9. The Labute approximate surface area is 171 Å². The molecule has 1 aliphatic rings.